The summed E-state index contributed by atoms with van der Waals surface area (Å²) in [6.45, 7) is 5.28. The third-order valence-electron chi connectivity index (χ3n) is 1.41. The van der Waals surface area contributed by atoms with E-state index in [-0.39, 0.29) is 0 Å². The maximum atomic E-state index is 11.0. The van der Waals surface area contributed by atoms with E-state index in [1.807, 2.05) is 0 Å². The highest BCUT2D eigenvalue weighted by molar-refractivity contribution is 7.57. The van der Waals surface area contributed by atoms with Gasteiger partial charge in [-0.3, -0.25) is 4.57 Å². The van der Waals surface area contributed by atoms with E-state index in [0.29, 0.717) is 12.3 Å². The molecule has 2 nitrogen and oxygen atoms in total. The van der Waals surface area contributed by atoms with E-state index in [0.717, 1.165) is 12.8 Å². The van der Waals surface area contributed by atoms with Crippen LogP contribution >= 0.6 is 7.37 Å². The number of hydrogen-bond acceptors (Lipinski definition) is 1. The minimum absolute atomic E-state index is 0.393. The van der Waals surface area contributed by atoms with Gasteiger partial charge in [0.2, 0.25) is 0 Å². The maximum Gasteiger partial charge on any atom is 0.200 e. The Kier molecular flexibility index (Phi) is 4.67. The SMILES string of the molecule is C=CCCCP(=O)(O)CC. The van der Waals surface area contributed by atoms with Crippen LogP contribution in [0.3, 0.4) is 0 Å². The molecule has 3 heteroatoms. The molecule has 0 rings (SSSR count). The van der Waals surface area contributed by atoms with Crippen molar-refractivity contribution < 1.29 is 9.46 Å². The van der Waals surface area contributed by atoms with Crippen LogP contribution in [0.5, 0.6) is 0 Å². The molecule has 0 aromatic heterocycles. The molecule has 0 radical (unpaired) electrons. The van der Waals surface area contributed by atoms with Crippen LogP contribution in [0, 0.1) is 0 Å². The molecule has 0 aliphatic carbocycles. The van der Waals surface area contributed by atoms with Crippen LogP contribution in [0.15, 0.2) is 12.7 Å². The number of unbranched alkanes of at least 4 members (excludes halogenated alkanes) is 1. The molecule has 0 aromatic carbocycles. The third kappa shape index (κ3) is 4.78. The Morgan fingerprint density at radius 3 is 2.70 bits per heavy atom. The molecule has 0 amide bonds. The van der Waals surface area contributed by atoms with Crippen LogP contribution in [0.2, 0.25) is 0 Å². The fourth-order valence-electron chi connectivity index (χ4n) is 0.641. The fraction of sp³-hybridized carbons (Fsp3) is 0.714. The molecular formula is C7H15O2P. The number of hydrogen-bond donors (Lipinski definition) is 1. The zero-order valence-corrected chi connectivity index (χ0v) is 7.31. The summed E-state index contributed by atoms with van der Waals surface area (Å²) in [6, 6.07) is 0. The molecule has 0 heterocycles. The van der Waals surface area contributed by atoms with Gasteiger partial charge in [-0.15, -0.1) is 6.58 Å². The first kappa shape index (κ1) is 9.93. The van der Waals surface area contributed by atoms with Crippen molar-refractivity contribution in [2.75, 3.05) is 12.3 Å². The van der Waals surface area contributed by atoms with Gasteiger partial charge in [0.15, 0.2) is 7.37 Å². The highest BCUT2D eigenvalue weighted by Gasteiger charge is 2.12. The topological polar surface area (TPSA) is 37.3 Å². The van der Waals surface area contributed by atoms with Crippen molar-refractivity contribution in [3.63, 3.8) is 0 Å². The molecule has 0 saturated heterocycles. The van der Waals surface area contributed by atoms with Gasteiger partial charge in [-0.25, -0.2) is 0 Å². The summed E-state index contributed by atoms with van der Waals surface area (Å²) in [5, 5.41) is 0. The summed E-state index contributed by atoms with van der Waals surface area (Å²) in [7, 11) is -2.75. The zero-order chi connectivity index (χ0) is 8.04. The molecular weight excluding hydrogens is 147 g/mol. The summed E-state index contributed by atoms with van der Waals surface area (Å²) >= 11 is 0. The second kappa shape index (κ2) is 4.70. The second-order valence-corrected chi connectivity index (χ2v) is 5.09. The van der Waals surface area contributed by atoms with Gasteiger partial charge in [0, 0.05) is 12.3 Å². The Morgan fingerprint density at radius 1 is 1.70 bits per heavy atom. The van der Waals surface area contributed by atoms with E-state index in [1.165, 1.54) is 0 Å². The van der Waals surface area contributed by atoms with E-state index in [4.69, 9.17) is 4.89 Å². The lowest BCUT2D eigenvalue weighted by molar-refractivity contribution is 0.477. The van der Waals surface area contributed by atoms with Gasteiger partial charge >= 0.3 is 0 Å². The predicted molar refractivity (Wildman–Crippen MR) is 44.7 cm³/mol. The molecule has 0 bridgehead atoms. The lowest BCUT2D eigenvalue weighted by atomic mass is 10.3. The third-order valence-corrected chi connectivity index (χ3v) is 3.41. The Bertz CT molecular complexity index is 143. The van der Waals surface area contributed by atoms with Gasteiger partial charge in [-0.05, 0) is 12.8 Å². The monoisotopic (exact) mass is 162 g/mol. The standard InChI is InChI=1S/C7H15O2P/c1-3-5-6-7-10(8,9)4-2/h3H,1,4-7H2,2H3,(H,8,9). The van der Waals surface area contributed by atoms with E-state index in [1.54, 1.807) is 13.0 Å². The van der Waals surface area contributed by atoms with Gasteiger partial charge in [0.05, 0.1) is 0 Å². The van der Waals surface area contributed by atoms with Crippen LogP contribution in [0.25, 0.3) is 0 Å². The Morgan fingerprint density at radius 2 is 2.30 bits per heavy atom. The maximum absolute atomic E-state index is 11.0. The molecule has 0 aliphatic rings. The Balaban J connectivity index is 3.47. The van der Waals surface area contributed by atoms with Crippen LogP contribution < -0.4 is 0 Å². The fourth-order valence-corrected chi connectivity index (χ4v) is 1.63. The van der Waals surface area contributed by atoms with Gasteiger partial charge in [0.25, 0.3) is 0 Å². The smallest absolute Gasteiger partial charge is 0.200 e. The van der Waals surface area contributed by atoms with E-state index in [9.17, 15) is 4.57 Å². The van der Waals surface area contributed by atoms with Crippen LogP contribution in [0.1, 0.15) is 19.8 Å². The molecule has 0 saturated carbocycles. The molecule has 0 fully saturated rings. The van der Waals surface area contributed by atoms with E-state index >= 15 is 0 Å². The second-order valence-electron chi connectivity index (χ2n) is 2.32. The van der Waals surface area contributed by atoms with Crippen LogP contribution in [-0.2, 0) is 4.57 Å². The van der Waals surface area contributed by atoms with Gasteiger partial charge in [0.1, 0.15) is 0 Å². The van der Waals surface area contributed by atoms with Crippen molar-refractivity contribution in [1.29, 1.82) is 0 Å². The first-order chi connectivity index (χ1) is 4.62. The average molecular weight is 162 g/mol. The molecule has 0 aromatic rings. The highest BCUT2D eigenvalue weighted by Crippen LogP contribution is 2.40. The lowest BCUT2D eigenvalue weighted by Crippen LogP contribution is -1.90. The minimum atomic E-state index is -2.75. The normalized spacial score (nSPS) is 16.2. The molecule has 0 aliphatic heterocycles. The van der Waals surface area contributed by atoms with Crippen molar-refractivity contribution in [1.82, 2.24) is 0 Å². The molecule has 10 heavy (non-hydrogen) atoms. The summed E-state index contributed by atoms with van der Waals surface area (Å²) < 4.78 is 11.0. The zero-order valence-electron chi connectivity index (χ0n) is 6.42. The largest absolute Gasteiger partial charge is 0.344 e. The van der Waals surface area contributed by atoms with Gasteiger partial charge < -0.3 is 4.89 Å². The molecule has 0 spiro atoms. The van der Waals surface area contributed by atoms with Crippen molar-refractivity contribution in [3.05, 3.63) is 12.7 Å². The quantitative estimate of drug-likeness (QED) is 0.382. The minimum Gasteiger partial charge on any atom is -0.344 e. The molecule has 1 N–H and O–H groups in total. The first-order valence-corrected chi connectivity index (χ1v) is 5.57. The van der Waals surface area contributed by atoms with E-state index in [2.05, 4.69) is 6.58 Å². The summed E-state index contributed by atoms with van der Waals surface area (Å²) in [5.74, 6) is 0. The molecule has 60 valence electrons. The van der Waals surface area contributed by atoms with Gasteiger partial charge in [-0.1, -0.05) is 13.0 Å². The van der Waals surface area contributed by atoms with Crippen molar-refractivity contribution in [2.45, 2.75) is 19.8 Å². The first-order valence-electron chi connectivity index (χ1n) is 3.54. The predicted octanol–water partition coefficient (Wildman–Crippen LogP) is 2.24. The number of allylic oxidation sites excluding steroid dienone is 1. The van der Waals surface area contributed by atoms with Crippen molar-refractivity contribution in [3.8, 4) is 0 Å². The van der Waals surface area contributed by atoms with Crippen LogP contribution in [0.4, 0.5) is 0 Å². The molecule has 1 unspecified atom stereocenters. The summed E-state index contributed by atoms with van der Waals surface area (Å²) in [4.78, 5) is 9.07. The lowest BCUT2D eigenvalue weighted by Gasteiger charge is -2.06. The van der Waals surface area contributed by atoms with Crippen molar-refractivity contribution in [2.24, 2.45) is 0 Å². The van der Waals surface area contributed by atoms with E-state index < -0.39 is 7.37 Å². The summed E-state index contributed by atoms with van der Waals surface area (Å²) in [5.41, 5.74) is 0. The highest BCUT2D eigenvalue weighted by atomic mass is 31.2. The summed E-state index contributed by atoms with van der Waals surface area (Å²) in [6.07, 6.45) is 4.23. The number of rotatable bonds is 5. The molecule has 1 atom stereocenters. The Labute approximate surface area is 62.4 Å². The Hall–Kier alpha value is -0.0700. The van der Waals surface area contributed by atoms with Crippen LogP contribution in [-0.4, -0.2) is 17.2 Å². The average Bonchev–Trinajstić information content (AvgIpc) is 1.89. The van der Waals surface area contributed by atoms with Gasteiger partial charge in [-0.2, -0.15) is 0 Å². The van der Waals surface area contributed by atoms with Crippen molar-refractivity contribution >= 4 is 7.37 Å².